The van der Waals surface area contributed by atoms with Gasteiger partial charge in [-0.3, -0.25) is 5.32 Å². The molecular weight excluding hydrogens is 365 g/mol. The normalized spacial score (nSPS) is 10.7. The third-order valence-corrected chi connectivity index (χ3v) is 3.87. The van der Waals surface area contributed by atoms with Crippen molar-refractivity contribution >= 4 is 46.2 Å². The highest BCUT2D eigenvalue weighted by Crippen LogP contribution is 2.36. The molecule has 2 heterocycles. The summed E-state index contributed by atoms with van der Waals surface area (Å²) in [4.78, 5) is 24.5. The maximum Gasteiger partial charge on any atom is 0.320 e. The number of fused-ring (bicyclic) bond motifs is 1. The van der Waals surface area contributed by atoms with Crippen molar-refractivity contribution in [1.29, 1.82) is 0 Å². The van der Waals surface area contributed by atoms with Crippen molar-refractivity contribution in [2.45, 2.75) is 6.92 Å². The quantitative estimate of drug-likeness (QED) is 0.643. The number of carbonyl (C=O) groups is 1. The van der Waals surface area contributed by atoms with Crippen LogP contribution < -0.4 is 10.6 Å². The molecule has 9 heteroatoms. The number of phenols is 1. The van der Waals surface area contributed by atoms with Gasteiger partial charge in [0.1, 0.15) is 5.52 Å². The first-order valence-corrected chi connectivity index (χ1v) is 8.10. The van der Waals surface area contributed by atoms with Crippen LogP contribution in [0.15, 0.2) is 30.5 Å². The summed E-state index contributed by atoms with van der Waals surface area (Å²) in [6, 6.07) is 6.23. The topological polar surface area (TPSA) is 100 Å². The van der Waals surface area contributed by atoms with Crippen LogP contribution in [0.3, 0.4) is 0 Å². The monoisotopic (exact) mass is 377 g/mol. The number of carbonyl (C=O) groups excluding carboxylic acids is 1. The lowest BCUT2D eigenvalue weighted by Crippen LogP contribution is -2.28. The van der Waals surface area contributed by atoms with Crippen molar-refractivity contribution in [2.75, 3.05) is 11.9 Å². The molecule has 0 aliphatic rings. The molecule has 0 spiro atoms. The molecule has 0 radical (unpaired) electrons. The molecule has 0 saturated heterocycles. The Morgan fingerprint density at radius 1 is 1.20 bits per heavy atom. The zero-order valence-corrected chi connectivity index (χ0v) is 14.6. The van der Waals surface area contributed by atoms with Gasteiger partial charge < -0.3 is 10.4 Å². The van der Waals surface area contributed by atoms with Gasteiger partial charge >= 0.3 is 6.03 Å². The zero-order chi connectivity index (χ0) is 18.0. The summed E-state index contributed by atoms with van der Waals surface area (Å²) in [5.41, 5.74) is 2.10. The maximum atomic E-state index is 11.6. The molecule has 0 aliphatic carbocycles. The SMILES string of the molecule is CCNC(=O)Nc1cnc2ccc(-c3cc(Cl)c(O)c(Cl)c3)nc2n1. The van der Waals surface area contributed by atoms with Crippen LogP contribution in [0.5, 0.6) is 5.75 Å². The number of aromatic hydroxyl groups is 1. The van der Waals surface area contributed by atoms with E-state index in [4.69, 9.17) is 23.2 Å². The number of nitrogens with zero attached hydrogens (tertiary/aromatic N) is 3. The Hall–Kier alpha value is -2.64. The van der Waals surface area contributed by atoms with Crippen LogP contribution in [0.1, 0.15) is 6.92 Å². The molecule has 0 atom stereocenters. The minimum absolute atomic E-state index is 0.127. The van der Waals surface area contributed by atoms with Crippen molar-refractivity contribution in [3.05, 3.63) is 40.5 Å². The summed E-state index contributed by atoms with van der Waals surface area (Å²) in [6.07, 6.45) is 1.45. The van der Waals surface area contributed by atoms with Crippen LogP contribution in [-0.4, -0.2) is 32.6 Å². The first kappa shape index (κ1) is 17.2. The zero-order valence-electron chi connectivity index (χ0n) is 13.0. The van der Waals surface area contributed by atoms with Crippen molar-refractivity contribution in [3.63, 3.8) is 0 Å². The molecule has 0 aliphatic heterocycles. The molecule has 2 amide bonds. The number of nitrogens with one attached hydrogen (secondary N) is 2. The number of rotatable bonds is 3. The molecule has 1 aromatic carbocycles. The third kappa shape index (κ3) is 3.72. The minimum atomic E-state index is -0.371. The Balaban J connectivity index is 1.99. The van der Waals surface area contributed by atoms with Gasteiger partial charge in [0.25, 0.3) is 0 Å². The molecule has 3 N–H and O–H groups in total. The second-order valence-electron chi connectivity index (χ2n) is 5.07. The van der Waals surface area contributed by atoms with E-state index in [-0.39, 0.29) is 27.6 Å². The Morgan fingerprint density at radius 2 is 1.92 bits per heavy atom. The lowest BCUT2D eigenvalue weighted by Gasteiger charge is -2.08. The molecule has 0 saturated carbocycles. The fraction of sp³-hybridized carbons (Fsp3) is 0.125. The van der Waals surface area contributed by atoms with E-state index < -0.39 is 0 Å². The van der Waals surface area contributed by atoms with E-state index in [2.05, 4.69) is 25.6 Å². The molecule has 0 bridgehead atoms. The Bertz CT molecular complexity index is 941. The van der Waals surface area contributed by atoms with E-state index in [0.717, 1.165) is 0 Å². The first-order chi connectivity index (χ1) is 12.0. The second kappa shape index (κ2) is 7.08. The third-order valence-electron chi connectivity index (χ3n) is 3.30. The van der Waals surface area contributed by atoms with Gasteiger partial charge in [0.2, 0.25) is 0 Å². The van der Waals surface area contributed by atoms with Crippen molar-refractivity contribution < 1.29 is 9.90 Å². The summed E-state index contributed by atoms with van der Waals surface area (Å²) in [5.74, 6) is 0.103. The molecule has 0 unspecified atom stereocenters. The number of anilines is 1. The average molecular weight is 378 g/mol. The lowest BCUT2D eigenvalue weighted by atomic mass is 10.1. The Kier molecular flexibility index (Phi) is 4.87. The smallest absolute Gasteiger partial charge is 0.320 e. The van der Waals surface area contributed by atoms with Gasteiger partial charge in [0, 0.05) is 12.1 Å². The number of hydrogen-bond donors (Lipinski definition) is 3. The Morgan fingerprint density at radius 3 is 2.60 bits per heavy atom. The van der Waals surface area contributed by atoms with Crippen LogP contribution in [0.2, 0.25) is 10.0 Å². The maximum absolute atomic E-state index is 11.6. The molecular formula is C16H13Cl2N5O2. The van der Waals surface area contributed by atoms with Crippen molar-refractivity contribution in [3.8, 4) is 17.0 Å². The standard InChI is InChI=1S/C16H13Cl2N5O2/c1-2-19-16(25)23-13-7-20-12-4-3-11(21-15(12)22-13)8-5-9(17)14(24)10(18)6-8/h3-7,24H,2H2,1H3,(H2,19,21,22,23,25). The van der Waals surface area contributed by atoms with Crippen LogP contribution in [0, 0.1) is 0 Å². The molecule has 128 valence electrons. The van der Waals surface area contributed by atoms with E-state index >= 15 is 0 Å². The van der Waals surface area contributed by atoms with Gasteiger partial charge in [-0.2, -0.15) is 0 Å². The van der Waals surface area contributed by atoms with E-state index in [1.54, 1.807) is 24.3 Å². The van der Waals surface area contributed by atoms with Gasteiger partial charge in [0.05, 0.1) is 21.9 Å². The molecule has 3 rings (SSSR count). The number of urea groups is 1. The van der Waals surface area contributed by atoms with E-state index in [1.165, 1.54) is 6.20 Å². The van der Waals surface area contributed by atoms with Crippen LogP contribution in [-0.2, 0) is 0 Å². The summed E-state index contributed by atoms with van der Waals surface area (Å²) < 4.78 is 0. The first-order valence-electron chi connectivity index (χ1n) is 7.35. The molecule has 0 fully saturated rings. The minimum Gasteiger partial charge on any atom is -0.505 e. The highest BCUT2D eigenvalue weighted by Gasteiger charge is 2.11. The molecule has 3 aromatic rings. The van der Waals surface area contributed by atoms with Crippen LogP contribution in [0.4, 0.5) is 10.6 Å². The van der Waals surface area contributed by atoms with Crippen molar-refractivity contribution in [1.82, 2.24) is 20.3 Å². The van der Waals surface area contributed by atoms with Gasteiger partial charge in [0.15, 0.2) is 17.2 Å². The Labute approximate surface area is 153 Å². The fourth-order valence-corrected chi connectivity index (χ4v) is 2.64. The second-order valence-corrected chi connectivity index (χ2v) is 5.88. The van der Waals surface area contributed by atoms with Crippen LogP contribution >= 0.6 is 23.2 Å². The fourth-order valence-electron chi connectivity index (χ4n) is 2.15. The lowest BCUT2D eigenvalue weighted by molar-refractivity contribution is 0.252. The molecule has 7 nitrogen and oxygen atoms in total. The van der Waals surface area contributed by atoms with Crippen LogP contribution in [0.25, 0.3) is 22.4 Å². The predicted molar refractivity (Wildman–Crippen MR) is 97.1 cm³/mol. The predicted octanol–water partition coefficient (Wildman–Crippen LogP) is 3.85. The highest BCUT2D eigenvalue weighted by atomic mass is 35.5. The number of pyridine rings is 1. The number of aromatic nitrogens is 3. The largest absolute Gasteiger partial charge is 0.505 e. The summed E-state index contributed by atoms with van der Waals surface area (Å²) in [7, 11) is 0. The van der Waals surface area contributed by atoms with Gasteiger partial charge in [-0.1, -0.05) is 23.2 Å². The highest BCUT2D eigenvalue weighted by molar-refractivity contribution is 6.37. The van der Waals surface area contributed by atoms with Crippen molar-refractivity contribution in [2.24, 2.45) is 0 Å². The average Bonchev–Trinajstić information content (AvgIpc) is 2.58. The summed E-state index contributed by atoms with van der Waals surface area (Å²) in [6.45, 7) is 2.31. The number of hydrogen-bond acceptors (Lipinski definition) is 5. The van der Waals surface area contributed by atoms with E-state index in [0.29, 0.717) is 29.0 Å². The number of halogens is 2. The molecule has 25 heavy (non-hydrogen) atoms. The number of phenolic OH excluding ortho intramolecular Hbond substituents is 1. The van der Waals surface area contributed by atoms with Gasteiger partial charge in [-0.15, -0.1) is 0 Å². The van der Waals surface area contributed by atoms with Gasteiger partial charge in [-0.05, 0) is 31.2 Å². The number of benzene rings is 1. The summed E-state index contributed by atoms with van der Waals surface area (Å²) in [5, 5.41) is 15.1. The molecule has 2 aromatic heterocycles. The van der Waals surface area contributed by atoms with E-state index in [1.807, 2.05) is 6.92 Å². The van der Waals surface area contributed by atoms with Gasteiger partial charge in [-0.25, -0.2) is 19.7 Å². The van der Waals surface area contributed by atoms with E-state index in [9.17, 15) is 9.90 Å². The number of amides is 2. The summed E-state index contributed by atoms with van der Waals surface area (Å²) >= 11 is 11.9.